The molecule has 2 aliphatic rings. The van der Waals surface area contributed by atoms with E-state index in [9.17, 15) is 18.0 Å². The van der Waals surface area contributed by atoms with E-state index < -0.39 is 18.0 Å². The van der Waals surface area contributed by atoms with Crippen LogP contribution in [0.3, 0.4) is 0 Å². The third kappa shape index (κ3) is 4.04. The highest BCUT2D eigenvalue weighted by atomic mass is 19.4. The third-order valence-corrected chi connectivity index (χ3v) is 5.56. The lowest BCUT2D eigenvalue weighted by Crippen LogP contribution is -2.41. The second-order valence-corrected chi connectivity index (χ2v) is 8.44. The van der Waals surface area contributed by atoms with Crippen LogP contribution < -0.4 is 5.32 Å². The first-order valence-corrected chi connectivity index (χ1v) is 9.01. The number of fused-ring (bicyclic) bond motifs is 1. The molecule has 1 aromatic heterocycles. The summed E-state index contributed by atoms with van der Waals surface area (Å²) in [7, 11) is 0. The predicted molar refractivity (Wildman–Crippen MR) is 87.9 cm³/mol. The summed E-state index contributed by atoms with van der Waals surface area (Å²) in [5.74, 6) is -0.470. The standard InChI is InChI=1S/C19H26F3NO2/c1-11-7-14-15(9-18(2,3)10-16(14)25-11)23-17(24)12-5-4-6-13(8-12)19(20,21)22/h7,12-13,15H,4-6,8-10H2,1-3H3,(H,23,24). The van der Waals surface area contributed by atoms with Gasteiger partial charge in [0.15, 0.2) is 0 Å². The van der Waals surface area contributed by atoms with E-state index in [0.29, 0.717) is 12.8 Å². The normalized spacial score (nSPS) is 29.1. The van der Waals surface area contributed by atoms with Crippen molar-refractivity contribution >= 4 is 5.91 Å². The Morgan fingerprint density at radius 1 is 1.32 bits per heavy atom. The first-order valence-electron chi connectivity index (χ1n) is 9.01. The van der Waals surface area contributed by atoms with E-state index in [0.717, 1.165) is 29.9 Å². The second kappa shape index (κ2) is 6.36. The molecule has 0 spiro atoms. The first kappa shape index (κ1) is 18.3. The second-order valence-electron chi connectivity index (χ2n) is 8.44. The summed E-state index contributed by atoms with van der Waals surface area (Å²) in [6.07, 6.45) is -1.61. The molecule has 1 N–H and O–H groups in total. The number of carbonyl (C=O) groups is 1. The Labute approximate surface area is 146 Å². The molecule has 0 aliphatic heterocycles. The molecule has 1 heterocycles. The quantitative estimate of drug-likeness (QED) is 0.801. The van der Waals surface area contributed by atoms with Gasteiger partial charge in [0.25, 0.3) is 0 Å². The molecular formula is C19H26F3NO2. The number of nitrogens with one attached hydrogen (secondary N) is 1. The number of hydrogen-bond donors (Lipinski definition) is 1. The zero-order valence-electron chi connectivity index (χ0n) is 15.0. The maximum atomic E-state index is 13.0. The van der Waals surface area contributed by atoms with Gasteiger partial charge < -0.3 is 9.73 Å². The number of alkyl halides is 3. The average molecular weight is 357 g/mol. The van der Waals surface area contributed by atoms with Crippen LogP contribution in [-0.4, -0.2) is 12.1 Å². The van der Waals surface area contributed by atoms with E-state index in [-0.39, 0.29) is 30.2 Å². The summed E-state index contributed by atoms with van der Waals surface area (Å²) < 4.78 is 44.7. The Kier molecular flexibility index (Phi) is 4.67. The highest BCUT2D eigenvalue weighted by molar-refractivity contribution is 5.79. The number of rotatable bonds is 2. The fraction of sp³-hybridized carbons (Fsp3) is 0.737. The maximum absolute atomic E-state index is 13.0. The minimum absolute atomic E-state index is 0.0175. The van der Waals surface area contributed by atoms with E-state index in [2.05, 4.69) is 19.2 Å². The number of aryl methyl sites for hydroxylation is 1. The van der Waals surface area contributed by atoms with Gasteiger partial charge in [0, 0.05) is 17.9 Å². The first-order chi connectivity index (χ1) is 11.5. The Morgan fingerprint density at radius 2 is 2.04 bits per heavy atom. The topological polar surface area (TPSA) is 42.2 Å². The van der Waals surface area contributed by atoms with Crippen molar-refractivity contribution in [2.75, 3.05) is 0 Å². The molecule has 3 nitrogen and oxygen atoms in total. The zero-order valence-corrected chi connectivity index (χ0v) is 15.0. The molecule has 0 bridgehead atoms. The minimum atomic E-state index is -4.21. The van der Waals surface area contributed by atoms with Gasteiger partial charge in [0.1, 0.15) is 11.5 Å². The Balaban J connectivity index is 1.72. The van der Waals surface area contributed by atoms with E-state index in [4.69, 9.17) is 4.42 Å². The molecule has 0 saturated heterocycles. The molecule has 1 fully saturated rings. The van der Waals surface area contributed by atoms with E-state index >= 15 is 0 Å². The van der Waals surface area contributed by atoms with Gasteiger partial charge in [-0.2, -0.15) is 13.2 Å². The smallest absolute Gasteiger partial charge is 0.391 e. The number of amides is 1. The van der Waals surface area contributed by atoms with E-state index in [1.807, 2.05) is 13.0 Å². The maximum Gasteiger partial charge on any atom is 0.391 e. The van der Waals surface area contributed by atoms with Gasteiger partial charge >= 0.3 is 6.18 Å². The number of carbonyl (C=O) groups excluding carboxylic acids is 1. The number of hydrogen-bond acceptors (Lipinski definition) is 2. The van der Waals surface area contributed by atoms with Gasteiger partial charge in [-0.1, -0.05) is 20.3 Å². The molecule has 3 rings (SSSR count). The highest BCUT2D eigenvalue weighted by Gasteiger charge is 2.44. The van der Waals surface area contributed by atoms with Gasteiger partial charge in [-0.05, 0) is 44.1 Å². The monoisotopic (exact) mass is 357 g/mol. The van der Waals surface area contributed by atoms with Gasteiger partial charge in [0.05, 0.1) is 12.0 Å². The molecule has 0 radical (unpaired) electrons. The van der Waals surface area contributed by atoms with E-state index in [1.165, 1.54) is 0 Å². The molecule has 140 valence electrons. The van der Waals surface area contributed by atoms with Crippen LogP contribution in [0.1, 0.15) is 69.1 Å². The molecule has 3 unspecified atom stereocenters. The molecule has 1 aromatic rings. The van der Waals surface area contributed by atoms with Gasteiger partial charge in [-0.25, -0.2) is 0 Å². The molecule has 2 aliphatic carbocycles. The molecule has 1 amide bonds. The summed E-state index contributed by atoms with van der Waals surface area (Å²) in [5.41, 5.74) is 0.962. The van der Waals surface area contributed by atoms with Crippen LogP contribution in [-0.2, 0) is 11.2 Å². The van der Waals surface area contributed by atoms with Gasteiger partial charge in [-0.3, -0.25) is 4.79 Å². The van der Waals surface area contributed by atoms with Crippen LogP contribution in [0.15, 0.2) is 10.5 Å². The van der Waals surface area contributed by atoms with Crippen LogP contribution in [0.5, 0.6) is 0 Å². The largest absolute Gasteiger partial charge is 0.466 e. The van der Waals surface area contributed by atoms with Crippen LogP contribution >= 0.6 is 0 Å². The van der Waals surface area contributed by atoms with Gasteiger partial charge in [0.2, 0.25) is 5.91 Å². The summed E-state index contributed by atoms with van der Waals surface area (Å²) in [4.78, 5) is 12.7. The molecule has 3 atom stereocenters. The fourth-order valence-electron chi connectivity index (χ4n) is 4.33. The Hall–Kier alpha value is -1.46. The molecule has 25 heavy (non-hydrogen) atoms. The van der Waals surface area contributed by atoms with E-state index in [1.54, 1.807) is 0 Å². The Bertz CT molecular complexity index is 648. The SMILES string of the molecule is Cc1cc2c(o1)CC(C)(C)CC2NC(=O)C1CCCC(C(F)(F)F)C1. The molecule has 6 heteroatoms. The van der Waals surface area contributed by atoms with Crippen molar-refractivity contribution in [2.24, 2.45) is 17.3 Å². The van der Waals surface area contributed by atoms with Crippen molar-refractivity contribution in [3.8, 4) is 0 Å². The minimum Gasteiger partial charge on any atom is -0.466 e. The highest BCUT2D eigenvalue weighted by Crippen LogP contribution is 2.43. The van der Waals surface area contributed by atoms with Crippen molar-refractivity contribution in [3.05, 3.63) is 23.2 Å². The lowest BCUT2D eigenvalue weighted by molar-refractivity contribution is -0.186. The molecule has 1 saturated carbocycles. The van der Waals surface area contributed by atoms with Crippen LogP contribution in [0, 0.1) is 24.2 Å². The summed E-state index contributed by atoms with van der Waals surface area (Å²) in [5, 5.41) is 3.02. The van der Waals surface area contributed by atoms with Crippen molar-refractivity contribution in [1.82, 2.24) is 5.32 Å². The summed E-state index contributed by atoms with van der Waals surface area (Å²) >= 11 is 0. The Morgan fingerprint density at radius 3 is 2.72 bits per heavy atom. The van der Waals surface area contributed by atoms with Crippen LogP contribution in [0.2, 0.25) is 0 Å². The molecule has 0 aromatic carbocycles. The lowest BCUT2D eigenvalue weighted by Gasteiger charge is -2.36. The average Bonchev–Trinajstić information content (AvgIpc) is 2.85. The fourth-order valence-corrected chi connectivity index (χ4v) is 4.33. The third-order valence-electron chi connectivity index (χ3n) is 5.56. The summed E-state index contributed by atoms with van der Waals surface area (Å²) in [6, 6.07) is 1.75. The summed E-state index contributed by atoms with van der Waals surface area (Å²) in [6.45, 7) is 6.11. The van der Waals surface area contributed by atoms with Crippen molar-refractivity contribution < 1.29 is 22.4 Å². The predicted octanol–water partition coefficient (Wildman–Crippen LogP) is 5.09. The van der Waals surface area contributed by atoms with Crippen LogP contribution in [0.4, 0.5) is 13.2 Å². The number of halogens is 3. The van der Waals surface area contributed by atoms with Gasteiger partial charge in [-0.15, -0.1) is 0 Å². The van der Waals surface area contributed by atoms with Crippen LogP contribution in [0.25, 0.3) is 0 Å². The van der Waals surface area contributed by atoms with Crippen molar-refractivity contribution in [1.29, 1.82) is 0 Å². The van der Waals surface area contributed by atoms with Crippen molar-refractivity contribution in [2.45, 2.75) is 71.5 Å². The number of furan rings is 1. The molecular weight excluding hydrogens is 331 g/mol. The zero-order chi connectivity index (χ0) is 18.4. The van der Waals surface area contributed by atoms with Crippen molar-refractivity contribution in [3.63, 3.8) is 0 Å². The lowest BCUT2D eigenvalue weighted by atomic mass is 9.74.